The Hall–Kier alpha value is -0.210. The smallest absolute Gasteiger partial charge is 0.379 e. The van der Waals surface area contributed by atoms with Crippen LogP contribution in [0.3, 0.4) is 0 Å². The van der Waals surface area contributed by atoms with Gasteiger partial charge in [-0.3, -0.25) is 0 Å². The lowest BCUT2D eigenvalue weighted by molar-refractivity contribution is -0.217. The normalized spacial score (nSPS) is 11.8. The minimum absolute atomic E-state index is 0.0111. The molecule has 0 saturated heterocycles. The van der Waals surface area contributed by atoms with Gasteiger partial charge in [0.2, 0.25) is 0 Å². The Kier molecular flexibility index (Phi) is 7.10. The van der Waals surface area contributed by atoms with Gasteiger partial charge in [0.15, 0.2) is 0 Å². The molecule has 0 aliphatic heterocycles. The van der Waals surface area contributed by atoms with Crippen LogP contribution in [-0.2, 0) is 28.5 Å². The first-order valence-electron chi connectivity index (χ1n) is 3.90. The van der Waals surface area contributed by atoms with Gasteiger partial charge in [-0.2, -0.15) is 8.42 Å². The predicted molar refractivity (Wildman–Crippen MR) is 44.1 cm³/mol. The summed E-state index contributed by atoms with van der Waals surface area (Å²) in [4.78, 5) is 4.32. The highest BCUT2D eigenvalue weighted by Crippen LogP contribution is 1.95. The molecule has 0 saturated carbocycles. The van der Waals surface area contributed by atoms with Crippen LogP contribution in [0, 0.1) is 0 Å². The van der Waals surface area contributed by atoms with Crippen molar-refractivity contribution >= 4 is 10.4 Å². The SMILES string of the molecule is CCOCCOOS(=O)(=O)OCC. The highest BCUT2D eigenvalue weighted by Gasteiger charge is 2.11. The van der Waals surface area contributed by atoms with Crippen molar-refractivity contribution in [2.24, 2.45) is 0 Å². The molecule has 0 aliphatic carbocycles. The minimum Gasteiger partial charge on any atom is -0.379 e. The van der Waals surface area contributed by atoms with E-state index >= 15 is 0 Å². The Morgan fingerprint density at radius 1 is 1.08 bits per heavy atom. The van der Waals surface area contributed by atoms with Crippen LogP contribution in [-0.4, -0.2) is 34.8 Å². The summed E-state index contributed by atoms with van der Waals surface area (Å²) in [5, 5.41) is 0. The highest BCUT2D eigenvalue weighted by molar-refractivity contribution is 7.81. The second-order valence-electron chi connectivity index (χ2n) is 1.90. The van der Waals surface area contributed by atoms with Gasteiger partial charge in [0.25, 0.3) is 0 Å². The summed E-state index contributed by atoms with van der Waals surface area (Å²) < 4.78 is 34.4. The maximum atomic E-state index is 10.7. The molecular formula is C6H14O6S. The molecule has 0 bridgehead atoms. The Labute approximate surface area is 78.0 Å². The molecule has 13 heavy (non-hydrogen) atoms. The van der Waals surface area contributed by atoms with E-state index in [9.17, 15) is 8.42 Å². The first-order chi connectivity index (χ1) is 6.12. The van der Waals surface area contributed by atoms with Crippen LogP contribution in [0.25, 0.3) is 0 Å². The topological polar surface area (TPSA) is 71.1 Å². The lowest BCUT2D eigenvalue weighted by atomic mass is 10.8. The number of hydrogen-bond donors (Lipinski definition) is 0. The number of hydrogen-bond acceptors (Lipinski definition) is 6. The Bertz CT molecular complexity index is 199. The fourth-order valence-electron chi connectivity index (χ4n) is 0.494. The molecule has 0 amide bonds. The maximum Gasteiger partial charge on any atom is 0.426 e. The third-order valence-corrected chi connectivity index (χ3v) is 1.70. The lowest BCUT2D eigenvalue weighted by Crippen LogP contribution is -2.13. The average Bonchev–Trinajstić information content (AvgIpc) is 2.04. The second kappa shape index (κ2) is 7.22. The van der Waals surface area contributed by atoms with E-state index in [4.69, 9.17) is 4.74 Å². The van der Waals surface area contributed by atoms with E-state index in [-0.39, 0.29) is 19.8 Å². The Morgan fingerprint density at radius 3 is 2.31 bits per heavy atom. The van der Waals surface area contributed by atoms with E-state index in [0.29, 0.717) is 6.61 Å². The molecule has 0 spiro atoms. The average molecular weight is 214 g/mol. The van der Waals surface area contributed by atoms with Crippen molar-refractivity contribution in [3.8, 4) is 0 Å². The van der Waals surface area contributed by atoms with Gasteiger partial charge >= 0.3 is 10.4 Å². The molecule has 0 rings (SSSR count). The molecule has 0 atom stereocenters. The summed E-state index contributed by atoms with van der Waals surface area (Å²) in [5.74, 6) is 0. The molecule has 0 N–H and O–H groups in total. The van der Waals surface area contributed by atoms with Gasteiger partial charge in [0.05, 0.1) is 13.2 Å². The van der Waals surface area contributed by atoms with E-state index in [1.165, 1.54) is 6.92 Å². The first kappa shape index (κ1) is 12.8. The van der Waals surface area contributed by atoms with Crippen LogP contribution < -0.4 is 0 Å². The maximum absolute atomic E-state index is 10.7. The van der Waals surface area contributed by atoms with Crippen molar-refractivity contribution in [2.75, 3.05) is 26.4 Å². The van der Waals surface area contributed by atoms with Gasteiger partial charge in [0.1, 0.15) is 6.61 Å². The zero-order chi connectivity index (χ0) is 10.2. The van der Waals surface area contributed by atoms with Crippen molar-refractivity contribution in [3.05, 3.63) is 0 Å². The summed E-state index contributed by atoms with van der Waals surface area (Å²) in [6.45, 7) is 4.22. The standard InChI is InChI=1S/C6H14O6S/c1-3-9-5-6-10-12-13(7,8)11-4-2/h3-6H2,1-2H3. The van der Waals surface area contributed by atoms with Crippen LogP contribution in [0.1, 0.15) is 13.8 Å². The summed E-state index contributed by atoms with van der Waals surface area (Å²) in [5.41, 5.74) is 0. The fraction of sp³-hybridized carbons (Fsp3) is 1.00. The summed E-state index contributed by atoms with van der Waals surface area (Å²) >= 11 is 0. The second-order valence-corrected chi connectivity index (χ2v) is 3.09. The lowest BCUT2D eigenvalue weighted by Gasteiger charge is -2.03. The molecular weight excluding hydrogens is 200 g/mol. The highest BCUT2D eigenvalue weighted by atomic mass is 32.3. The molecule has 0 aromatic heterocycles. The fourth-order valence-corrected chi connectivity index (χ4v) is 1.01. The minimum atomic E-state index is -4.00. The molecule has 80 valence electrons. The van der Waals surface area contributed by atoms with E-state index in [0.717, 1.165) is 0 Å². The molecule has 0 heterocycles. The van der Waals surface area contributed by atoms with E-state index in [2.05, 4.69) is 13.4 Å². The van der Waals surface area contributed by atoms with Crippen LogP contribution >= 0.6 is 0 Å². The number of rotatable bonds is 8. The molecule has 7 heteroatoms. The van der Waals surface area contributed by atoms with E-state index in [1.54, 1.807) is 0 Å². The first-order valence-corrected chi connectivity index (χ1v) is 5.24. The van der Waals surface area contributed by atoms with E-state index in [1.807, 2.05) is 6.92 Å². The zero-order valence-corrected chi connectivity index (χ0v) is 8.50. The molecule has 0 unspecified atom stereocenters. The van der Waals surface area contributed by atoms with Crippen molar-refractivity contribution in [1.29, 1.82) is 0 Å². The molecule has 0 aromatic carbocycles. The van der Waals surface area contributed by atoms with Crippen molar-refractivity contribution < 1.29 is 26.6 Å². The summed E-state index contributed by atoms with van der Waals surface area (Å²) in [6, 6.07) is 0. The van der Waals surface area contributed by atoms with Crippen LogP contribution in [0.2, 0.25) is 0 Å². The Balaban J connectivity index is 3.41. The van der Waals surface area contributed by atoms with Gasteiger partial charge in [-0.25, -0.2) is 9.07 Å². The monoisotopic (exact) mass is 214 g/mol. The van der Waals surface area contributed by atoms with Crippen molar-refractivity contribution in [1.82, 2.24) is 0 Å². The van der Waals surface area contributed by atoms with Crippen LogP contribution in [0.15, 0.2) is 0 Å². The summed E-state index contributed by atoms with van der Waals surface area (Å²) in [6.07, 6.45) is 0. The van der Waals surface area contributed by atoms with Crippen molar-refractivity contribution in [3.63, 3.8) is 0 Å². The van der Waals surface area contributed by atoms with Crippen molar-refractivity contribution in [2.45, 2.75) is 13.8 Å². The van der Waals surface area contributed by atoms with Crippen LogP contribution in [0.4, 0.5) is 0 Å². The zero-order valence-electron chi connectivity index (χ0n) is 7.69. The number of ether oxygens (including phenoxy) is 1. The quantitative estimate of drug-likeness (QED) is 0.328. The van der Waals surface area contributed by atoms with Crippen LogP contribution in [0.5, 0.6) is 0 Å². The molecule has 6 nitrogen and oxygen atoms in total. The van der Waals surface area contributed by atoms with Gasteiger partial charge in [-0.1, -0.05) is 4.33 Å². The molecule has 0 fully saturated rings. The Morgan fingerprint density at radius 2 is 1.77 bits per heavy atom. The van der Waals surface area contributed by atoms with Gasteiger partial charge in [0, 0.05) is 6.61 Å². The largest absolute Gasteiger partial charge is 0.426 e. The third kappa shape index (κ3) is 8.13. The van der Waals surface area contributed by atoms with Gasteiger partial charge in [-0.05, 0) is 13.8 Å². The third-order valence-electron chi connectivity index (χ3n) is 0.909. The molecule has 0 aliphatic rings. The van der Waals surface area contributed by atoms with Gasteiger partial charge < -0.3 is 4.74 Å². The predicted octanol–water partition coefficient (Wildman–Crippen LogP) is 0.252. The molecule has 0 aromatic rings. The van der Waals surface area contributed by atoms with Gasteiger partial charge in [-0.15, -0.1) is 0 Å². The molecule has 0 radical (unpaired) electrons. The summed E-state index contributed by atoms with van der Waals surface area (Å²) in [7, 11) is -4.00. The van der Waals surface area contributed by atoms with E-state index < -0.39 is 10.4 Å².